The number of fused-ring (bicyclic) bond motifs is 1. The number of carboxylic acid groups (broad SMARTS) is 1. The number of benzene rings is 1. The molecule has 0 aliphatic carbocycles. The number of carbonyl (C=O) groups is 2. The molecule has 0 radical (unpaired) electrons. The Morgan fingerprint density at radius 3 is 2.70 bits per heavy atom. The number of ether oxygens (including phenoxy) is 1. The quantitative estimate of drug-likeness (QED) is 0.732. The molecule has 1 aliphatic rings. The lowest BCUT2D eigenvalue weighted by Gasteiger charge is -2.26. The third-order valence-electron chi connectivity index (χ3n) is 3.73. The molecule has 0 bridgehead atoms. The highest BCUT2D eigenvalue weighted by Gasteiger charge is 2.36. The molecule has 2 atom stereocenters. The van der Waals surface area contributed by atoms with E-state index in [0.29, 0.717) is 5.75 Å². The third kappa shape index (κ3) is 3.30. The average Bonchev–Trinajstić information content (AvgIpc) is 2.47. The molecule has 1 aliphatic heterocycles. The van der Waals surface area contributed by atoms with Gasteiger partial charge in [-0.2, -0.15) is 4.72 Å². The molecule has 2 rings (SSSR count). The first-order valence-corrected chi connectivity index (χ1v) is 8.46. The molecular formula is C14H18N2O6S. The van der Waals surface area contributed by atoms with Crippen LogP contribution in [0.25, 0.3) is 0 Å². The lowest BCUT2D eigenvalue weighted by Crippen LogP contribution is -2.51. The van der Waals surface area contributed by atoms with E-state index in [-0.39, 0.29) is 22.9 Å². The van der Waals surface area contributed by atoms with Crippen LogP contribution in [0.4, 0.5) is 5.69 Å². The average molecular weight is 342 g/mol. The van der Waals surface area contributed by atoms with Crippen LogP contribution in [0.15, 0.2) is 23.1 Å². The van der Waals surface area contributed by atoms with Crippen molar-refractivity contribution in [2.45, 2.75) is 43.7 Å². The van der Waals surface area contributed by atoms with Gasteiger partial charge in [0.1, 0.15) is 11.3 Å². The van der Waals surface area contributed by atoms with Crippen LogP contribution in [0.3, 0.4) is 0 Å². The first kappa shape index (κ1) is 17.2. The van der Waals surface area contributed by atoms with Crippen LogP contribution in [0.2, 0.25) is 0 Å². The van der Waals surface area contributed by atoms with E-state index in [1.54, 1.807) is 13.8 Å². The van der Waals surface area contributed by atoms with Crippen LogP contribution in [0.1, 0.15) is 27.2 Å². The van der Waals surface area contributed by atoms with E-state index in [4.69, 9.17) is 4.74 Å². The van der Waals surface area contributed by atoms with Gasteiger partial charge in [-0.05, 0) is 38.5 Å². The highest BCUT2D eigenvalue weighted by molar-refractivity contribution is 7.89. The fraction of sp³-hybridized carbons (Fsp3) is 0.429. The van der Waals surface area contributed by atoms with E-state index in [9.17, 15) is 23.1 Å². The van der Waals surface area contributed by atoms with Crippen molar-refractivity contribution < 1.29 is 27.9 Å². The molecule has 3 N–H and O–H groups in total. The molecular weight excluding hydrogens is 324 g/mol. The lowest BCUT2D eigenvalue weighted by atomic mass is 10.0. The molecule has 0 aromatic heterocycles. The molecule has 8 nitrogen and oxygen atoms in total. The van der Waals surface area contributed by atoms with Gasteiger partial charge >= 0.3 is 5.97 Å². The predicted molar refractivity (Wildman–Crippen MR) is 81.8 cm³/mol. The van der Waals surface area contributed by atoms with E-state index in [1.807, 2.05) is 0 Å². The highest BCUT2D eigenvalue weighted by Crippen LogP contribution is 2.32. The van der Waals surface area contributed by atoms with Crippen LogP contribution in [0, 0.1) is 0 Å². The number of aliphatic carboxylic acids is 1. The molecule has 0 unspecified atom stereocenters. The minimum atomic E-state index is -4.08. The zero-order chi connectivity index (χ0) is 17.4. The Bertz CT molecular complexity index is 761. The molecule has 0 spiro atoms. The van der Waals surface area contributed by atoms with Crippen molar-refractivity contribution in [2.75, 3.05) is 5.32 Å². The smallest absolute Gasteiger partial charge is 0.324 e. The Morgan fingerprint density at radius 1 is 1.48 bits per heavy atom. The van der Waals surface area contributed by atoms with E-state index < -0.39 is 27.6 Å². The monoisotopic (exact) mass is 342 g/mol. The van der Waals surface area contributed by atoms with Crippen molar-refractivity contribution in [1.29, 1.82) is 0 Å². The second-order valence-corrected chi connectivity index (χ2v) is 7.19. The van der Waals surface area contributed by atoms with Gasteiger partial charge in [0.15, 0.2) is 6.10 Å². The number of hydrogen-bond donors (Lipinski definition) is 3. The van der Waals surface area contributed by atoms with E-state index in [0.717, 1.165) is 0 Å². The minimum absolute atomic E-state index is 0.0733. The van der Waals surface area contributed by atoms with Gasteiger partial charge in [-0.25, -0.2) is 8.42 Å². The third-order valence-corrected chi connectivity index (χ3v) is 5.32. The number of rotatable bonds is 5. The second-order valence-electron chi connectivity index (χ2n) is 5.50. The van der Waals surface area contributed by atoms with Crippen molar-refractivity contribution in [3.05, 3.63) is 18.2 Å². The first-order valence-electron chi connectivity index (χ1n) is 6.98. The maximum Gasteiger partial charge on any atom is 0.324 e. The predicted octanol–water partition coefficient (Wildman–Crippen LogP) is 0.938. The summed E-state index contributed by atoms with van der Waals surface area (Å²) >= 11 is 0. The summed E-state index contributed by atoms with van der Waals surface area (Å²) < 4.78 is 32.4. The summed E-state index contributed by atoms with van der Waals surface area (Å²) in [6.07, 6.45) is -0.595. The fourth-order valence-corrected chi connectivity index (χ4v) is 3.44. The van der Waals surface area contributed by atoms with Crippen molar-refractivity contribution in [3.63, 3.8) is 0 Å². The van der Waals surface area contributed by atoms with E-state index in [2.05, 4.69) is 10.0 Å². The molecule has 0 fully saturated rings. The Hall–Kier alpha value is -2.13. The van der Waals surface area contributed by atoms with Gasteiger partial charge < -0.3 is 15.2 Å². The SMILES string of the molecule is CC[C@@](C)(NS(=O)(=O)c1ccc2c(c1)NC(=O)[C@@H](C)O2)C(=O)O. The summed E-state index contributed by atoms with van der Waals surface area (Å²) in [5.74, 6) is -1.30. The molecule has 0 saturated carbocycles. The van der Waals surface area contributed by atoms with Gasteiger partial charge in [-0.3, -0.25) is 9.59 Å². The number of anilines is 1. The van der Waals surface area contributed by atoms with Gasteiger partial charge in [0.25, 0.3) is 5.91 Å². The van der Waals surface area contributed by atoms with Crippen LogP contribution < -0.4 is 14.8 Å². The number of carbonyl (C=O) groups excluding carboxylic acids is 1. The molecule has 1 aromatic rings. The molecule has 1 amide bonds. The normalized spacial score (nSPS) is 20.0. The maximum absolute atomic E-state index is 12.4. The summed E-state index contributed by atoms with van der Waals surface area (Å²) in [6, 6.07) is 3.95. The van der Waals surface area contributed by atoms with Gasteiger partial charge in [-0.15, -0.1) is 0 Å². The van der Waals surface area contributed by atoms with Crippen LogP contribution in [0.5, 0.6) is 5.75 Å². The van der Waals surface area contributed by atoms with Gasteiger partial charge in [-0.1, -0.05) is 6.92 Å². The molecule has 1 aromatic carbocycles. The fourth-order valence-electron chi connectivity index (χ4n) is 1.98. The molecule has 0 saturated heterocycles. The highest BCUT2D eigenvalue weighted by atomic mass is 32.2. The van der Waals surface area contributed by atoms with Crippen LogP contribution in [-0.2, 0) is 19.6 Å². The van der Waals surface area contributed by atoms with Crippen molar-refractivity contribution >= 4 is 27.6 Å². The zero-order valence-corrected chi connectivity index (χ0v) is 13.7. The van der Waals surface area contributed by atoms with Gasteiger partial charge in [0.2, 0.25) is 10.0 Å². The Balaban J connectivity index is 2.37. The van der Waals surface area contributed by atoms with Gasteiger partial charge in [0, 0.05) is 0 Å². The number of amides is 1. The maximum atomic E-state index is 12.4. The number of carboxylic acids is 1. The van der Waals surface area contributed by atoms with Crippen molar-refractivity contribution in [2.24, 2.45) is 0 Å². The largest absolute Gasteiger partial charge is 0.480 e. The van der Waals surface area contributed by atoms with Crippen molar-refractivity contribution in [3.8, 4) is 5.75 Å². The summed E-state index contributed by atoms with van der Waals surface area (Å²) in [5, 5.41) is 11.7. The zero-order valence-electron chi connectivity index (χ0n) is 12.9. The summed E-state index contributed by atoms with van der Waals surface area (Å²) in [5.41, 5.74) is -1.40. The van der Waals surface area contributed by atoms with Crippen LogP contribution >= 0.6 is 0 Å². The van der Waals surface area contributed by atoms with Crippen LogP contribution in [-0.4, -0.2) is 37.0 Å². The molecule has 1 heterocycles. The molecule has 9 heteroatoms. The molecule has 23 heavy (non-hydrogen) atoms. The topological polar surface area (TPSA) is 122 Å². The first-order chi connectivity index (χ1) is 10.6. The Morgan fingerprint density at radius 2 is 2.13 bits per heavy atom. The number of sulfonamides is 1. The molecule has 126 valence electrons. The Kier molecular flexibility index (Phi) is 4.36. The number of hydrogen-bond acceptors (Lipinski definition) is 5. The minimum Gasteiger partial charge on any atom is -0.480 e. The summed E-state index contributed by atoms with van der Waals surface area (Å²) in [6.45, 7) is 4.43. The summed E-state index contributed by atoms with van der Waals surface area (Å²) in [7, 11) is -4.08. The van der Waals surface area contributed by atoms with E-state index >= 15 is 0 Å². The van der Waals surface area contributed by atoms with Gasteiger partial charge in [0.05, 0.1) is 10.6 Å². The summed E-state index contributed by atoms with van der Waals surface area (Å²) in [4.78, 5) is 22.7. The second kappa shape index (κ2) is 5.82. The lowest BCUT2D eigenvalue weighted by molar-refractivity contribution is -0.143. The van der Waals surface area contributed by atoms with Crippen molar-refractivity contribution in [1.82, 2.24) is 4.72 Å². The standard InChI is InChI=1S/C14H18N2O6S/c1-4-14(3,13(18)19)16-23(20,21)9-5-6-11-10(7-9)15-12(17)8(2)22-11/h5-8,16H,4H2,1-3H3,(H,15,17)(H,18,19)/t8-,14-/m1/s1. The Labute approximate surface area is 133 Å². The number of nitrogens with one attached hydrogen (secondary N) is 2. The van der Waals surface area contributed by atoms with E-state index in [1.165, 1.54) is 25.1 Å².